The van der Waals surface area contributed by atoms with E-state index in [0.29, 0.717) is 13.2 Å². The van der Waals surface area contributed by atoms with Gasteiger partial charge in [-0.05, 0) is 103 Å². The van der Waals surface area contributed by atoms with Gasteiger partial charge in [-0.3, -0.25) is 9.59 Å². The largest absolute Gasteiger partial charge is 0.465 e. The molecule has 0 bridgehead atoms. The third kappa shape index (κ3) is 39.7. The lowest BCUT2D eigenvalue weighted by molar-refractivity contribution is -0.150. The SMILES string of the molecule is CCCCCCCCC(CCCCCCC)C(=O)OCCCCCCC(O)(CCCCCCOC(=O)C(CCCCCCC)CCCCCCCC)CCCCN(CCC)CCC. The highest BCUT2D eigenvalue weighted by Crippen LogP contribution is 2.29. The number of rotatable bonds is 51. The van der Waals surface area contributed by atoms with Crippen LogP contribution in [0.25, 0.3) is 0 Å². The number of nitrogens with zero attached hydrogens (tertiary/aromatic N) is 1. The van der Waals surface area contributed by atoms with Crippen LogP contribution in [0.1, 0.15) is 305 Å². The first-order valence-electron chi connectivity index (χ1n) is 28.6. The first kappa shape index (κ1) is 61.9. The molecule has 0 rings (SSSR count). The Morgan fingerprint density at radius 1 is 0.365 bits per heavy atom. The Balaban J connectivity index is 4.90. The van der Waals surface area contributed by atoms with Crippen molar-refractivity contribution in [2.45, 2.75) is 310 Å². The summed E-state index contributed by atoms with van der Waals surface area (Å²) in [6.45, 7) is 18.1. The van der Waals surface area contributed by atoms with E-state index in [-0.39, 0.29) is 23.8 Å². The first-order chi connectivity index (χ1) is 30.8. The maximum Gasteiger partial charge on any atom is 0.308 e. The molecule has 63 heavy (non-hydrogen) atoms. The van der Waals surface area contributed by atoms with Gasteiger partial charge in [-0.25, -0.2) is 0 Å². The average Bonchev–Trinajstić information content (AvgIpc) is 3.27. The van der Waals surface area contributed by atoms with Crippen molar-refractivity contribution >= 4 is 11.9 Å². The van der Waals surface area contributed by atoms with Crippen LogP contribution in [0.5, 0.6) is 0 Å². The van der Waals surface area contributed by atoms with E-state index < -0.39 is 5.60 Å². The highest BCUT2D eigenvalue weighted by atomic mass is 16.5. The average molecular weight is 893 g/mol. The summed E-state index contributed by atoms with van der Waals surface area (Å²) in [6, 6.07) is 0. The molecule has 2 unspecified atom stereocenters. The van der Waals surface area contributed by atoms with Crippen molar-refractivity contribution in [3.8, 4) is 0 Å². The second-order valence-electron chi connectivity index (χ2n) is 20.1. The molecule has 0 aromatic heterocycles. The summed E-state index contributed by atoms with van der Waals surface area (Å²) in [5.41, 5.74) is -0.610. The van der Waals surface area contributed by atoms with Crippen LogP contribution in [0, 0.1) is 11.8 Å². The third-order valence-corrected chi connectivity index (χ3v) is 13.8. The van der Waals surface area contributed by atoms with Crippen LogP contribution in [-0.2, 0) is 19.1 Å². The van der Waals surface area contributed by atoms with Crippen molar-refractivity contribution in [2.24, 2.45) is 11.8 Å². The molecule has 0 radical (unpaired) electrons. The van der Waals surface area contributed by atoms with Gasteiger partial charge in [0.25, 0.3) is 0 Å². The van der Waals surface area contributed by atoms with Crippen molar-refractivity contribution < 1.29 is 24.2 Å². The molecule has 0 aliphatic rings. The van der Waals surface area contributed by atoms with E-state index in [9.17, 15) is 14.7 Å². The minimum Gasteiger partial charge on any atom is -0.465 e. The van der Waals surface area contributed by atoms with E-state index >= 15 is 0 Å². The zero-order valence-electron chi connectivity index (χ0n) is 43.7. The molecule has 0 saturated heterocycles. The smallest absolute Gasteiger partial charge is 0.308 e. The van der Waals surface area contributed by atoms with Crippen LogP contribution in [0.2, 0.25) is 0 Å². The Hall–Kier alpha value is -1.14. The van der Waals surface area contributed by atoms with E-state index in [2.05, 4.69) is 46.4 Å². The lowest BCUT2D eigenvalue weighted by Crippen LogP contribution is -2.30. The molecule has 6 heteroatoms. The minimum absolute atomic E-state index is 0.0453. The molecule has 0 heterocycles. The molecule has 0 saturated carbocycles. The monoisotopic (exact) mass is 892 g/mol. The Labute approximate surface area is 394 Å². The Morgan fingerprint density at radius 2 is 0.651 bits per heavy atom. The van der Waals surface area contributed by atoms with Gasteiger partial charge in [-0.1, -0.05) is 221 Å². The summed E-state index contributed by atoms with van der Waals surface area (Å²) >= 11 is 0. The van der Waals surface area contributed by atoms with Gasteiger partial charge < -0.3 is 19.5 Å². The van der Waals surface area contributed by atoms with E-state index in [1.54, 1.807) is 0 Å². The summed E-state index contributed by atoms with van der Waals surface area (Å²) in [5.74, 6) is 0.231. The number of carbonyl (C=O) groups is 2. The van der Waals surface area contributed by atoms with Gasteiger partial charge >= 0.3 is 11.9 Å². The number of ether oxygens (including phenoxy) is 2. The fourth-order valence-corrected chi connectivity index (χ4v) is 9.62. The standard InChI is InChI=1S/C57H113NO5/c1-7-13-17-21-25-33-43-53(41-31-23-19-15-9-3)55(59)62-51-39-29-27-35-45-57(61,47-37-38-50-58(48-11-5)49-12-6)46-36-28-30-40-52-63-56(60)54(42-32-24-20-16-10-4)44-34-26-22-18-14-8-2/h53-54,61H,7-52H2,1-6H3. The molecule has 6 nitrogen and oxygen atoms in total. The maximum atomic E-state index is 13.2. The Bertz CT molecular complexity index is 891. The summed E-state index contributed by atoms with van der Waals surface area (Å²) in [5, 5.41) is 12.0. The number of hydrogen-bond donors (Lipinski definition) is 1. The number of esters is 2. The van der Waals surface area contributed by atoms with Crippen LogP contribution in [-0.4, -0.2) is 60.4 Å². The van der Waals surface area contributed by atoms with Crippen molar-refractivity contribution in [1.82, 2.24) is 4.90 Å². The van der Waals surface area contributed by atoms with Crippen LogP contribution < -0.4 is 0 Å². The topological polar surface area (TPSA) is 76.1 Å². The second-order valence-corrected chi connectivity index (χ2v) is 20.1. The van der Waals surface area contributed by atoms with Gasteiger partial charge in [0.05, 0.1) is 30.7 Å². The van der Waals surface area contributed by atoms with Crippen LogP contribution in [0.15, 0.2) is 0 Å². The van der Waals surface area contributed by atoms with Crippen molar-refractivity contribution in [2.75, 3.05) is 32.8 Å². The zero-order chi connectivity index (χ0) is 46.3. The van der Waals surface area contributed by atoms with Gasteiger partial charge in [0.1, 0.15) is 0 Å². The predicted molar refractivity (Wildman–Crippen MR) is 274 cm³/mol. The van der Waals surface area contributed by atoms with Crippen molar-refractivity contribution in [1.29, 1.82) is 0 Å². The summed E-state index contributed by atoms with van der Waals surface area (Å²) in [7, 11) is 0. The van der Waals surface area contributed by atoms with Crippen molar-refractivity contribution in [3.05, 3.63) is 0 Å². The van der Waals surface area contributed by atoms with Gasteiger partial charge in [0.15, 0.2) is 0 Å². The number of hydrogen-bond acceptors (Lipinski definition) is 6. The van der Waals surface area contributed by atoms with E-state index in [4.69, 9.17) is 9.47 Å². The number of aliphatic hydroxyl groups is 1. The highest BCUT2D eigenvalue weighted by Gasteiger charge is 2.26. The number of unbranched alkanes of at least 4 members (excludes halogenated alkanes) is 25. The molecule has 0 fully saturated rings. The molecular weight excluding hydrogens is 779 g/mol. The molecule has 376 valence electrons. The highest BCUT2D eigenvalue weighted by molar-refractivity contribution is 5.72. The summed E-state index contributed by atoms with van der Waals surface area (Å²) < 4.78 is 11.8. The lowest BCUT2D eigenvalue weighted by Gasteiger charge is -2.29. The van der Waals surface area contributed by atoms with Gasteiger partial charge in [-0.15, -0.1) is 0 Å². The normalized spacial score (nSPS) is 13.7. The fourth-order valence-electron chi connectivity index (χ4n) is 9.62. The molecule has 0 amide bonds. The van der Waals surface area contributed by atoms with Crippen LogP contribution >= 0.6 is 0 Å². The number of carbonyl (C=O) groups excluding carboxylic acids is 2. The van der Waals surface area contributed by atoms with Gasteiger partial charge in [0.2, 0.25) is 0 Å². The molecule has 1 N–H and O–H groups in total. The van der Waals surface area contributed by atoms with E-state index in [1.807, 2.05) is 0 Å². The molecule has 0 spiro atoms. The predicted octanol–water partition coefficient (Wildman–Crippen LogP) is 17.5. The third-order valence-electron chi connectivity index (χ3n) is 13.8. The minimum atomic E-state index is -0.610. The van der Waals surface area contributed by atoms with Gasteiger partial charge in [-0.2, -0.15) is 0 Å². The Morgan fingerprint density at radius 3 is 0.984 bits per heavy atom. The van der Waals surface area contributed by atoms with Crippen LogP contribution in [0.3, 0.4) is 0 Å². The van der Waals surface area contributed by atoms with E-state index in [1.165, 1.54) is 142 Å². The quantitative estimate of drug-likeness (QED) is 0.0484. The first-order valence-corrected chi connectivity index (χ1v) is 28.6. The maximum absolute atomic E-state index is 13.2. The van der Waals surface area contributed by atoms with Crippen LogP contribution in [0.4, 0.5) is 0 Å². The second kappa shape index (κ2) is 47.4. The van der Waals surface area contributed by atoms with E-state index in [0.717, 1.165) is 141 Å². The summed E-state index contributed by atoms with van der Waals surface area (Å²) in [4.78, 5) is 29.0. The molecule has 0 aromatic rings. The molecule has 2 atom stereocenters. The summed E-state index contributed by atoms with van der Waals surface area (Å²) in [6.07, 6.45) is 46.8. The molecular formula is C57H113NO5. The fraction of sp³-hybridized carbons (Fsp3) is 0.965. The molecule has 0 aromatic carbocycles. The van der Waals surface area contributed by atoms with Crippen molar-refractivity contribution in [3.63, 3.8) is 0 Å². The Kier molecular flexibility index (Phi) is 46.5. The lowest BCUT2D eigenvalue weighted by atomic mass is 9.85. The van der Waals surface area contributed by atoms with Gasteiger partial charge in [0, 0.05) is 0 Å². The zero-order valence-corrected chi connectivity index (χ0v) is 43.7. The molecule has 0 aliphatic heterocycles. The molecule has 0 aliphatic carbocycles.